The Balaban J connectivity index is 2.57. The molecular formula is C15H23FN2O4S. The maximum absolute atomic E-state index is 13.6. The summed E-state index contributed by atoms with van der Waals surface area (Å²) in [6, 6.07) is 6.18. The van der Waals surface area contributed by atoms with Crippen molar-refractivity contribution < 1.29 is 22.3 Å². The second-order valence-corrected chi connectivity index (χ2v) is 7.12. The van der Waals surface area contributed by atoms with Crippen LogP contribution in [0.5, 0.6) is 0 Å². The molecule has 0 atom stereocenters. The van der Waals surface area contributed by atoms with Crippen LogP contribution in [0, 0.1) is 5.82 Å². The molecule has 1 amide bonds. The van der Waals surface area contributed by atoms with E-state index in [2.05, 4.69) is 5.32 Å². The van der Waals surface area contributed by atoms with Crippen molar-refractivity contribution in [2.75, 3.05) is 39.6 Å². The van der Waals surface area contributed by atoms with E-state index in [0.717, 1.165) is 10.6 Å². The molecule has 1 aromatic rings. The lowest BCUT2D eigenvalue weighted by atomic mass is 10.1. The van der Waals surface area contributed by atoms with E-state index in [1.165, 1.54) is 6.07 Å². The molecule has 0 aliphatic rings. The topological polar surface area (TPSA) is 75.7 Å². The molecule has 0 spiro atoms. The lowest BCUT2D eigenvalue weighted by Crippen LogP contribution is -2.41. The van der Waals surface area contributed by atoms with Gasteiger partial charge >= 0.3 is 0 Å². The van der Waals surface area contributed by atoms with Gasteiger partial charge in [0.25, 0.3) is 0 Å². The number of nitrogens with zero attached hydrogens (tertiary/aromatic N) is 1. The second-order valence-electron chi connectivity index (χ2n) is 5.13. The fraction of sp³-hybridized carbons (Fsp3) is 0.533. The molecule has 0 unspecified atom stereocenters. The van der Waals surface area contributed by atoms with Crippen LogP contribution in [-0.2, 0) is 26.0 Å². The predicted molar refractivity (Wildman–Crippen MR) is 86.0 cm³/mol. The van der Waals surface area contributed by atoms with Gasteiger partial charge in [0.2, 0.25) is 15.9 Å². The van der Waals surface area contributed by atoms with Crippen LogP contribution < -0.4 is 5.32 Å². The molecule has 0 saturated heterocycles. The number of rotatable bonds is 10. The highest BCUT2D eigenvalue weighted by molar-refractivity contribution is 7.88. The summed E-state index contributed by atoms with van der Waals surface area (Å²) < 4.78 is 43.1. The Morgan fingerprint density at radius 2 is 2.04 bits per heavy atom. The molecule has 0 aliphatic heterocycles. The zero-order chi connectivity index (χ0) is 17.3. The molecule has 23 heavy (non-hydrogen) atoms. The number of sulfonamides is 1. The van der Waals surface area contributed by atoms with Gasteiger partial charge in [0.05, 0.1) is 12.8 Å². The van der Waals surface area contributed by atoms with Crippen molar-refractivity contribution in [1.29, 1.82) is 0 Å². The highest BCUT2D eigenvalue weighted by Gasteiger charge is 2.20. The largest absolute Gasteiger partial charge is 0.385 e. The van der Waals surface area contributed by atoms with Crippen LogP contribution in [0.1, 0.15) is 12.0 Å². The fourth-order valence-corrected chi connectivity index (χ4v) is 2.74. The average molecular weight is 346 g/mol. The third-order valence-corrected chi connectivity index (χ3v) is 4.47. The van der Waals surface area contributed by atoms with Crippen LogP contribution in [0.4, 0.5) is 4.39 Å². The first-order valence-corrected chi connectivity index (χ1v) is 9.13. The number of benzene rings is 1. The summed E-state index contributed by atoms with van der Waals surface area (Å²) in [5, 5.41) is 2.63. The van der Waals surface area contributed by atoms with Crippen LogP contribution in [0.15, 0.2) is 24.3 Å². The molecule has 1 rings (SSSR count). The number of ether oxygens (including phenoxy) is 1. The monoisotopic (exact) mass is 346 g/mol. The van der Waals surface area contributed by atoms with E-state index in [9.17, 15) is 17.6 Å². The highest BCUT2D eigenvalue weighted by atomic mass is 32.2. The molecular weight excluding hydrogens is 323 g/mol. The minimum Gasteiger partial charge on any atom is -0.385 e. The van der Waals surface area contributed by atoms with E-state index in [-0.39, 0.29) is 31.2 Å². The van der Waals surface area contributed by atoms with Crippen molar-refractivity contribution in [2.45, 2.75) is 12.8 Å². The van der Waals surface area contributed by atoms with Crippen molar-refractivity contribution in [3.63, 3.8) is 0 Å². The maximum Gasteiger partial charge on any atom is 0.235 e. The van der Waals surface area contributed by atoms with E-state index in [1.54, 1.807) is 25.3 Å². The number of amides is 1. The fourth-order valence-electron chi connectivity index (χ4n) is 1.97. The van der Waals surface area contributed by atoms with Gasteiger partial charge in [0.15, 0.2) is 0 Å². The summed E-state index contributed by atoms with van der Waals surface area (Å²) >= 11 is 0. The Labute approximate surface area is 136 Å². The zero-order valence-corrected chi connectivity index (χ0v) is 14.2. The van der Waals surface area contributed by atoms with Crippen molar-refractivity contribution in [2.24, 2.45) is 0 Å². The van der Waals surface area contributed by atoms with Crippen molar-refractivity contribution in [1.82, 2.24) is 9.62 Å². The van der Waals surface area contributed by atoms with Crippen molar-refractivity contribution in [3.8, 4) is 0 Å². The summed E-state index contributed by atoms with van der Waals surface area (Å²) in [7, 11) is -1.99. The first-order valence-electron chi connectivity index (χ1n) is 7.28. The normalized spacial score (nSPS) is 11.7. The van der Waals surface area contributed by atoms with E-state index in [1.807, 2.05) is 0 Å². The number of carbonyl (C=O) groups is 1. The Bertz CT molecular complexity index is 607. The van der Waals surface area contributed by atoms with Gasteiger partial charge in [0.1, 0.15) is 5.82 Å². The van der Waals surface area contributed by atoms with Crippen molar-refractivity contribution >= 4 is 15.9 Å². The van der Waals surface area contributed by atoms with Gasteiger partial charge in [-0.3, -0.25) is 4.79 Å². The van der Waals surface area contributed by atoms with Gasteiger partial charge < -0.3 is 10.1 Å². The molecule has 0 fully saturated rings. The summed E-state index contributed by atoms with van der Waals surface area (Å²) in [4.78, 5) is 11.8. The summed E-state index contributed by atoms with van der Waals surface area (Å²) in [6.07, 6.45) is 1.89. The molecule has 0 aliphatic carbocycles. The third-order valence-electron chi connectivity index (χ3n) is 3.22. The minimum atomic E-state index is -3.55. The van der Waals surface area contributed by atoms with Crippen LogP contribution in [0.2, 0.25) is 0 Å². The average Bonchev–Trinajstić information content (AvgIpc) is 2.48. The summed E-state index contributed by atoms with van der Waals surface area (Å²) in [5.41, 5.74) is 0.418. The lowest BCUT2D eigenvalue weighted by molar-refractivity contribution is -0.121. The smallest absolute Gasteiger partial charge is 0.235 e. The first kappa shape index (κ1) is 19.5. The number of nitrogens with one attached hydrogen (secondary N) is 1. The molecule has 0 radical (unpaired) electrons. The molecule has 0 aromatic heterocycles. The highest BCUT2D eigenvalue weighted by Crippen LogP contribution is 2.09. The van der Waals surface area contributed by atoms with Crippen LogP contribution in [-0.4, -0.2) is 58.2 Å². The molecule has 1 aromatic carbocycles. The van der Waals surface area contributed by atoms with Crippen LogP contribution in [0.3, 0.4) is 0 Å². The van der Waals surface area contributed by atoms with Gasteiger partial charge in [0, 0.05) is 26.8 Å². The van der Waals surface area contributed by atoms with Gasteiger partial charge in [-0.25, -0.2) is 12.8 Å². The maximum atomic E-state index is 13.6. The number of hydrogen-bond acceptors (Lipinski definition) is 4. The number of carbonyl (C=O) groups excluding carboxylic acids is 1. The van der Waals surface area contributed by atoms with E-state index < -0.39 is 10.0 Å². The van der Waals surface area contributed by atoms with Gasteiger partial charge in [-0.1, -0.05) is 18.2 Å². The van der Waals surface area contributed by atoms with E-state index >= 15 is 0 Å². The summed E-state index contributed by atoms with van der Waals surface area (Å²) in [5.74, 6) is -0.773. The molecule has 0 saturated carbocycles. The quantitative estimate of drug-likeness (QED) is 0.636. The van der Waals surface area contributed by atoms with Crippen LogP contribution >= 0.6 is 0 Å². The second kappa shape index (κ2) is 9.59. The zero-order valence-electron chi connectivity index (χ0n) is 13.4. The third kappa shape index (κ3) is 7.54. The van der Waals surface area contributed by atoms with Crippen molar-refractivity contribution in [3.05, 3.63) is 35.6 Å². The first-order chi connectivity index (χ1) is 10.8. The molecule has 6 nitrogen and oxygen atoms in total. The van der Waals surface area contributed by atoms with E-state index in [4.69, 9.17) is 4.74 Å². The van der Waals surface area contributed by atoms with Gasteiger partial charge in [-0.2, -0.15) is 4.31 Å². The van der Waals surface area contributed by atoms with Gasteiger partial charge in [-0.05, 0) is 24.5 Å². The number of methoxy groups -OCH3 is 1. The molecule has 1 N–H and O–H groups in total. The van der Waals surface area contributed by atoms with E-state index in [0.29, 0.717) is 25.1 Å². The van der Waals surface area contributed by atoms with Crippen LogP contribution in [0.25, 0.3) is 0 Å². The standard InChI is InChI=1S/C15H23FN2O4S/c1-22-11-5-9-17-15(19)12-18(23(2,20)21)10-8-13-6-3-4-7-14(13)16/h3-4,6-7H,5,8-12H2,1-2H3,(H,17,19). The molecule has 8 heteroatoms. The lowest BCUT2D eigenvalue weighted by Gasteiger charge is -2.19. The Kier molecular flexibility index (Phi) is 8.15. The Hall–Kier alpha value is -1.51. The number of hydrogen-bond donors (Lipinski definition) is 1. The van der Waals surface area contributed by atoms with Gasteiger partial charge in [-0.15, -0.1) is 0 Å². The molecule has 130 valence electrons. The SMILES string of the molecule is COCCCNC(=O)CN(CCc1ccccc1F)S(C)(=O)=O. The number of halogens is 1. The summed E-state index contributed by atoms with van der Waals surface area (Å²) in [6.45, 7) is 0.701. The molecule has 0 bridgehead atoms. The minimum absolute atomic E-state index is 0.0469. The molecule has 0 heterocycles. The Morgan fingerprint density at radius 1 is 1.35 bits per heavy atom. The Morgan fingerprint density at radius 3 is 2.65 bits per heavy atom. The predicted octanol–water partition coefficient (Wildman–Crippen LogP) is 0.783.